The van der Waals surface area contributed by atoms with Gasteiger partial charge in [0.25, 0.3) is 0 Å². The van der Waals surface area contributed by atoms with E-state index in [2.05, 4.69) is 65.6 Å². The zero-order valence-electron chi connectivity index (χ0n) is 14.6. The zero-order chi connectivity index (χ0) is 17.3. The number of ether oxygens (including phenoxy) is 1. The summed E-state index contributed by atoms with van der Waals surface area (Å²) in [5.74, 6) is 0. The van der Waals surface area contributed by atoms with Crippen LogP contribution in [0.15, 0.2) is 72.8 Å². The predicted molar refractivity (Wildman–Crippen MR) is 104 cm³/mol. The van der Waals surface area contributed by atoms with Crippen LogP contribution >= 0.6 is 0 Å². The lowest BCUT2D eigenvalue weighted by molar-refractivity contribution is 0.150. The van der Waals surface area contributed by atoms with Crippen LogP contribution in [0.4, 0.5) is 0 Å². The largest absolute Gasteiger partial charge is 0.383 e. The molecule has 0 aliphatic rings. The molecule has 0 saturated carbocycles. The topological polar surface area (TPSA) is 25.4 Å². The van der Waals surface area contributed by atoms with Crippen LogP contribution in [0.3, 0.4) is 0 Å². The number of aromatic nitrogens is 1. The van der Waals surface area contributed by atoms with Crippen molar-refractivity contribution in [1.29, 1.82) is 0 Å². The van der Waals surface area contributed by atoms with E-state index < -0.39 is 0 Å². The molecule has 0 radical (unpaired) electrons. The number of methoxy groups -OCH3 is 1. The van der Waals surface area contributed by atoms with E-state index in [1.54, 1.807) is 7.11 Å². The highest BCUT2D eigenvalue weighted by Gasteiger charge is 2.06. The molecule has 2 aromatic carbocycles. The van der Waals surface area contributed by atoms with E-state index in [4.69, 9.17) is 9.72 Å². The molecule has 3 nitrogen and oxygen atoms in total. The normalized spacial score (nSPS) is 11.6. The number of pyridine rings is 1. The molecule has 0 atom stereocenters. The standard InChI is InChI=1S/C22H24N2O/c1-25-17-16-24(15-7-10-19-8-3-2-4-9-19)18-21-14-13-20-11-5-6-12-22(20)23-21/h2-14H,15-18H2,1H3/b10-7+. The molecule has 1 heterocycles. The smallest absolute Gasteiger partial charge is 0.0705 e. The predicted octanol–water partition coefficient (Wildman–Crippen LogP) is 4.40. The summed E-state index contributed by atoms with van der Waals surface area (Å²) in [6, 6.07) is 22.9. The lowest BCUT2D eigenvalue weighted by Gasteiger charge is -2.20. The van der Waals surface area contributed by atoms with Gasteiger partial charge >= 0.3 is 0 Å². The van der Waals surface area contributed by atoms with Gasteiger partial charge in [0.15, 0.2) is 0 Å². The fourth-order valence-electron chi connectivity index (χ4n) is 2.78. The van der Waals surface area contributed by atoms with Crippen molar-refractivity contribution >= 4 is 17.0 Å². The molecular formula is C22H24N2O. The van der Waals surface area contributed by atoms with Crippen LogP contribution < -0.4 is 0 Å². The Kier molecular flexibility index (Phi) is 6.32. The molecule has 0 amide bonds. The van der Waals surface area contributed by atoms with Gasteiger partial charge in [-0.1, -0.05) is 66.7 Å². The van der Waals surface area contributed by atoms with Crippen LogP contribution in [0.1, 0.15) is 11.3 Å². The SMILES string of the molecule is COCCN(C/C=C/c1ccccc1)Cc1ccc2ccccc2n1. The van der Waals surface area contributed by atoms with Gasteiger partial charge in [0, 0.05) is 32.1 Å². The van der Waals surface area contributed by atoms with Crippen molar-refractivity contribution in [2.45, 2.75) is 6.54 Å². The molecular weight excluding hydrogens is 308 g/mol. The van der Waals surface area contributed by atoms with Gasteiger partial charge in [-0.25, -0.2) is 0 Å². The molecule has 25 heavy (non-hydrogen) atoms. The summed E-state index contributed by atoms with van der Waals surface area (Å²) >= 11 is 0. The van der Waals surface area contributed by atoms with Crippen molar-refractivity contribution in [3.8, 4) is 0 Å². The van der Waals surface area contributed by atoms with Crippen molar-refractivity contribution in [3.63, 3.8) is 0 Å². The van der Waals surface area contributed by atoms with E-state index in [1.807, 2.05) is 18.2 Å². The molecule has 0 N–H and O–H groups in total. The minimum atomic E-state index is 0.715. The zero-order valence-corrected chi connectivity index (χ0v) is 14.6. The number of para-hydroxylation sites is 1. The summed E-state index contributed by atoms with van der Waals surface area (Å²) in [6.45, 7) is 3.27. The fraction of sp³-hybridized carbons (Fsp3) is 0.227. The van der Waals surface area contributed by atoms with Gasteiger partial charge < -0.3 is 4.74 Å². The first-order valence-electron chi connectivity index (χ1n) is 8.63. The summed E-state index contributed by atoms with van der Waals surface area (Å²) in [5.41, 5.74) is 3.35. The quantitative estimate of drug-likeness (QED) is 0.611. The molecule has 0 fully saturated rings. The number of benzene rings is 2. The Morgan fingerprint density at radius 3 is 2.60 bits per heavy atom. The van der Waals surface area contributed by atoms with Crippen LogP contribution in [-0.4, -0.2) is 36.7 Å². The third-order valence-electron chi connectivity index (χ3n) is 4.13. The average Bonchev–Trinajstić information content (AvgIpc) is 2.66. The molecule has 1 aromatic heterocycles. The highest BCUT2D eigenvalue weighted by atomic mass is 16.5. The fourth-order valence-corrected chi connectivity index (χ4v) is 2.78. The van der Waals surface area contributed by atoms with Crippen LogP contribution in [0.2, 0.25) is 0 Å². The molecule has 0 aliphatic heterocycles. The molecule has 0 spiro atoms. The number of nitrogens with zero attached hydrogens (tertiary/aromatic N) is 2. The maximum Gasteiger partial charge on any atom is 0.0705 e. The number of fused-ring (bicyclic) bond motifs is 1. The molecule has 0 aliphatic carbocycles. The van der Waals surface area contributed by atoms with Crippen LogP contribution in [0.5, 0.6) is 0 Å². The van der Waals surface area contributed by atoms with Crippen LogP contribution in [-0.2, 0) is 11.3 Å². The second kappa shape index (κ2) is 9.11. The van der Waals surface area contributed by atoms with Crippen molar-refractivity contribution in [2.24, 2.45) is 0 Å². The lowest BCUT2D eigenvalue weighted by Crippen LogP contribution is -2.27. The Hall–Kier alpha value is -2.49. The van der Waals surface area contributed by atoms with Crippen molar-refractivity contribution in [2.75, 3.05) is 26.8 Å². The monoisotopic (exact) mass is 332 g/mol. The Morgan fingerprint density at radius 2 is 1.76 bits per heavy atom. The summed E-state index contributed by atoms with van der Waals surface area (Å²) in [6.07, 6.45) is 4.36. The van der Waals surface area contributed by atoms with Gasteiger partial charge in [0.2, 0.25) is 0 Å². The van der Waals surface area contributed by atoms with Crippen LogP contribution in [0.25, 0.3) is 17.0 Å². The number of hydrogen-bond donors (Lipinski definition) is 0. The van der Waals surface area contributed by atoms with E-state index in [0.717, 1.165) is 30.8 Å². The van der Waals surface area contributed by atoms with Gasteiger partial charge in [-0.05, 0) is 17.7 Å². The van der Waals surface area contributed by atoms with Gasteiger partial charge in [-0.2, -0.15) is 0 Å². The summed E-state index contributed by atoms with van der Waals surface area (Å²) < 4.78 is 5.26. The van der Waals surface area contributed by atoms with E-state index in [9.17, 15) is 0 Å². The average molecular weight is 332 g/mol. The van der Waals surface area contributed by atoms with Gasteiger partial charge in [0.1, 0.15) is 0 Å². The first-order chi connectivity index (χ1) is 12.3. The molecule has 0 unspecified atom stereocenters. The highest BCUT2D eigenvalue weighted by Crippen LogP contribution is 2.13. The number of hydrogen-bond acceptors (Lipinski definition) is 3. The van der Waals surface area contributed by atoms with Gasteiger partial charge in [-0.3, -0.25) is 9.88 Å². The lowest BCUT2D eigenvalue weighted by atomic mass is 10.2. The molecule has 3 heteroatoms. The third-order valence-corrected chi connectivity index (χ3v) is 4.13. The van der Waals surface area contributed by atoms with Crippen molar-refractivity contribution in [1.82, 2.24) is 9.88 Å². The van der Waals surface area contributed by atoms with Crippen molar-refractivity contribution < 1.29 is 4.74 Å². The van der Waals surface area contributed by atoms with Gasteiger partial charge in [-0.15, -0.1) is 0 Å². The number of rotatable bonds is 8. The summed E-state index contributed by atoms with van der Waals surface area (Å²) in [4.78, 5) is 7.13. The van der Waals surface area contributed by atoms with E-state index in [-0.39, 0.29) is 0 Å². The molecule has 3 aromatic rings. The molecule has 0 saturated heterocycles. The second-order valence-corrected chi connectivity index (χ2v) is 6.04. The third kappa shape index (κ3) is 5.24. The van der Waals surface area contributed by atoms with Gasteiger partial charge in [0.05, 0.1) is 17.8 Å². The first-order valence-corrected chi connectivity index (χ1v) is 8.63. The Bertz CT molecular complexity index is 814. The molecule has 3 rings (SSSR count). The first kappa shape index (κ1) is 17.3. The minimum absolute atomic E-state index is 0.715. The highest BCUT2D eigenvalue weighted by molar-refractivity contribution is 5.78. The second-order valence-electron chi connectivity index (χ2n) is 6.04. The Labute approximate surface area is 149 Å². The maximum absolute atomic E-state index is 5.26. The summed E-state index contributed by atoms with van der Waals surface area (Å²) in [5, 5.41) is 1.18. The van der Waals surface area contributed by atoms with E-state index in [0.29, 0.717) is 6.61 Å². The molecule has 128 valence electrons. The van der Waals surface area contributed by atoms with Crippen LogP contribution in [0, 0.1) is 0 Å². The Balaban J connectivity index is 1.67. The summed E-state index contributed by atoms with van der Waals surface area (Å²) in [7, 11) is 1.74. The van der Waals surface area contributed by atoms with E-state index >= 15 is 0 Å². The maximum atomic E-state index is 5.26. The van der Waals surface area contributed by atoms with Crippen molar-refractivity contribution in [3.05, 3.63) is 84.1 Å². The Morgan fingerprint density at radius 1 is 0.960 bits per heavy atom. The molecule has 0 bridgehead atoms. The van der Waals surface area contributed by atoms with E-state index in [1.165, 1.54) is 10.9 Å². The minimum Gasteiger partial charge on any atom is -0.383 e.